The predicted octanol–water partition coefficient (Wildman–Crippen LogP) is 5.20. The number of alkyl halides is 1. The lowest BCUT2D eigenvalue weighted by atomic mass is 10.0. The molecule has 13 heavy (non-hydrogen) atoms. The van der Waals surface area contributed by atoms with Crippen LogP contribution in [0.15, 0.2) is 0 Å². The summed E-state index contributed by atoms with van der Waals surface area (Å²) in [5, 5.41) is 0. The predicted molar refractivity (Wildman–Crippen MR) is 70.7 cm³/mol. The molecule has 0 aromatic carbocycles. The first kappa shape index (κ1) is 13.7. The zero-order valence-electron chi connectivity index (χ0n) is 9.32. The molecule has 0 radical (unpaired) electrons. The normalized spacial score (nSPS) is 13.2. The van der Waals surface area contributed by atoms with E-state index in [1.807, 2.05) is 0 Å². The van der Waals surface area contributed by atoms with Crippen LogP contribution < -0.4 is 0 Å². The molecule has 0 aliphatic carbocycles. The van der Waals surface area contributed by atoms with Gasteiger partial charge in [-0.15, -0.1) is 0 Å². The van der Waals surface area contributed by atoms with E-state index in [1.165, 1.54) is 55.8 Å². The fourth-order valence-corrected chi connectivity index (χ4v) is 1.97. The van der Waals surface area contributed by atoms with Crippen molar-refractivity contribution in [3.05, 3.63) is 0 Å². The molecule has 0 heterocycles. The number of rotatable bonds is 9. The molecule has 0 rings (SSSR count). The van der Waals surface area contributed by atoms with Gasteiger partial charge in [0.2, 0.25) is 0 Å². The minimum Gasteiger partial charge on any atom is -0.0861 e. The first-order chi connectivity index (χ1) is 6.31. The summed E-state index contributed by atoms with van der Waals surface area (Å²) in [7, 11) is 0. The molecule has 1 heteroatoms. The Hall–Kier alpha value is 0.730. The lowest BCUT2D eigenvalue weighted by Crippen LogP contribution is -1.94. The minimum atomic E-state index is 0.941. The van der Waals surface area contributed by atoms with Crippen molar-refractivity contribution in [1.82, 2.24) is 0 Å². The lowest BCUT2D eigenvalue weighted by Gasteiger charge is -2.06. The molecule has 0 amide bonds. The maximum absolute atomic E-state index is 2.49. The summed E-state index contributed by atoms with van der Waals surface area (Å²) in [5.74, 6) is 0.941. The molecule has 0 aromatic rings. The molecule has 1 unspecified atom stereocenters. The Bertz CT molecular complexity index is 91.1. The number of hydrogen-bond acceptors (Lipinski definition) is 0. The lowest BCUT2D eigenvalue weighted by molar-refractivity contribution is 0.519. The van der Waals surface area contributed by atoms with E-state index in [9.17, 15) is 0 Å². The highest BCUT2D eigenvalue weighted by Gasteiger charge is 1.98. The van der Waals surface area contributed by atoms with Gasteiger partial charge in [0.25, 0.3) is 0 Å². The molecule has 0 aliphatic rings. The second kappa shape index (κ2) is 10.8. The average Bonchev–Trinajstić information content (AvgIpc) is 2.16. The van der Waals surface area contributed by atoms with Crippen LogP contribution >= 0.6 is 22.6 Å². The van der Waals surface area contributed by atoms with Crippen molar-refractivity contribution in [2.45, 2.75) is 65.2 Å². The van der Waals surface area contributed by atoms with E-state index in [4.69, 9.17) is 0 Å². The maximum Gasteiger partial charge on any atom is 0.00210 e. The second-order valence-electron chi connectivity index (χ2n) is 4.17. The summed E-state index contributed by atoms with van der Waals surface area (Å²) in [6.45, 7) is 4.64. The smallest absolute Gasteiger partial charge is 0.00210 e. The van der Waals surface area contributed by atoms with E-state index in [-0.39, 0.29) is 0 Å². The monoisotopic (exact) mass is 296 g/mol. The van der Waals surface area contributed by atoms with Gasteiger partial charge in [-0.1, -0.05) is 81.4 Å². The van der Waals surface area contributed by atoms with Crippen LogP contribution in [0.2, 0.25) is 0 Å². The van der Waals surface area contributed by atoms with Crippen LogP contribution in [0.5, 0.6) is 0 Å². The zero-order valence-corrected chi connectivity index (χ0v) is 11.5. The van der Waals surface area contributed by atoms with E-state index in [2.05, 4.69) is 36.4 Å². The van der Waals surface area contributed by atoms with Gasteiger partial charge in [0.05, 0.1) is 0 Å². The van der Waals surface area contributed by atoms with Crippen LogP contribution in [0.1, 0.15) is 65.2 Å². The van der Waals surface area contributed by atoms with E-state index in [0.29, 0.717) is 0 Å². The molecule has 80 valence electrons. The van der Waals surface area contributed by atoms with Gasteiger partial charge < -0.3 is 0 Å². The molecular weight excluding hydrogens is 271 g/mol. The minimum absolute atomic E-state index is 0.941. The number of unbranched alkanes of at least 4 members (excludes halogenated alkanes) is 6. The van der Waals surface area contributed by atoms with Crippen LogP contribution in [-0.2, 0) is 0 Å². The highest BCUT2D eigenvalue weighted by Crippen LogP contribution is 2.13. The Morgan fingerprint density at radius 2 is 1.46 bits per heavy atom. The molecule has 0 N–H and O–H groups in total. The van der Waals surface area contributed by atoms with Crippen LogP contribution in [0, 0.1) is 5.92 Å². The van der Waals surface area contributed by atoms with Crippen LogP contribution in [0.25, 0.3) is 0 Å². The van der Waals surface area contributed by atoms with E-state index in [1.54, 1.807) is 0 Å². The Labute approximate surface area is 98.0 Å². The third kappa shape index (κ3) is 10.7. The van der Waals surface area contributed by atoms with E-state index >= 15 is 0 Å². The van der Waals surface area contributed by atoms with E-state index < -0.39 is 0 Å². The molecule has 0 aromatic heterocycles. The van der Waals surface area contributed by atoms with Crippen LogP contribution in [-0.4, -0.2) is 4.43 Å². The largest absolute Gasteiger partial charge is 0.0861 e. The van der Waals surface area contributed by atoms with E-state index in [0.717, 1.165) is 5.92 Å². The molecule has 0 spiro atoms. The summed E-state index contributed by atoms with van der Waals surface area (Å²) < 4.78 is 1.33. The van der Waals surface area contributed by atoms with Gasteiger partial charge in [-0.25, -0.2) is 0 Å². The first-order valence-electron chi connectivity index (χ1n) is 5.87. The van der Waals surface area contributed by atoms with Crippen molar-refractivity contribution in [2.24, 2.45) is 5.92 Å². The molecule has 0 nitrogen and oxygen atoms in total. The van der Waals surface area contributed by atoms with Crippen LogP contribution in [0.4, 0.5) is 0 Å². The Balaban J connectivity index is 2.91. The second-order valence-corrected chi connectivity index (χ2v) is 5.05. The van der Waals surface area contributed by atoms with Crippen molar-refractivity contribution in [2.75, 3.05) is 4.43 Å². The molecule has 1 atom stereocenters. The van der Waals surface area contributed by atoms with Gasteiger partial charge in [-0.3, -0.25) is 0 Å². The van der Waals surface area contributed by atoms with Crippen LogP contribution in [0.3, 0.4) is 0 Å². The van der Waals surface area contributed by atoms with Gasteiger partial charge in [-0.2, -0.15) is 0 Å². The summed E-state index contributed by atoms with van der Waals surface area (Å²) in [5.41, 5.74) is 0. The molecule has 0 bridgehead atoms. The topological polar surface area (TPSA) is 0 Å². The van der Waals surface area contributed by atoms with Crippen molar-refractivity contribution < 1.29 is 0 Å². The highest BCUT2D eigenvalue weighted by atomic mass is 127. The Kier molecular flexibility index (Phi) is 11.4. The first-order valence-corrected chi connectivity index (χ1v) is 7.39. The third-order valence-corrected chi connectivity index (χ3v) is 4.07. The average molecular weight is 296 g/mol. The standard InChI is InChI=1S/C12H25I/c1-3-4-5-6-7-8-9-10-12(2)11-13/h12H,3-11H2,1-2H3. The van der Waals surface area contributed by atoms with Gasteiger partial charge in [0, 0.05) is 4.43 Å². The fourth-order valence-electron chi connectivity index (χ4n) is 1.53. The van der Waals surface area contributed by atoms with Crippen molar-refractivity contribution >= 4 is 22.6 Å². The van der Waals surface area contributed by atoms with Crippen molar-refractivity contribution in [1.29, 1.82) is 0 Å². The molecule has 0 saturated heterocycles. The van der Waals surface area contributed by atoms with Gasteiger partial charge in [0.1, 0.15) is 0 Å². The molecule has 0 fully saturated rings. The number of halogens is 1. The summed E-state index contributed by atoms with van der Waals surface area (Å²) in [4.78, 5) is 0. The maximum atomic E-state index is 2.49. The summed E-state index contributed by atoms with van der Waals surface area (Å²) in [6, 6.07) is 0. The van der Waals surface area contributed by atoms with Gasteiger partial charge in [-0.05, 0) is 12.3 Å². The van der Waals surface area contributed by atoms with Gasteiger partial charge in [0.15, 0.2) is 0 Å². The fraction of sp³-hybridized carbons (Fsp3) is 1.00. The quantitative estimate of drug-likeness (QED) is 0.312. The van der Waals surface area contributed by atoms with Gasteiger partial charge >= 0.3 is 0 Å². The van der Waals surface area contributed by atoms with Crippen molar-refractivity contribution in [3.63, 3.8) is 0 Å². The SMILES string of the molecule is CCCCCCCCCC(C)CI. The summed E-state index contributed by atoms with van der Waals surface area (Å²) >= 11 is 2.49. The molecule has 0 saturated carbocycles. The molecular formula is C12H25I. The highest BCUT2D eigenvalue weighted by molar-refractivity contribution is 14.1. The third-order valence-electron chi connectivity index (χ3n) is 2.56. The molecule has 0 aliphatic heterocycles. The number of hydrogen-bond donors (Lipinski definition) is 0. The zero-order chi connectivity index (χ0) is 9.94. The Morgan fingerprint density at radius 1 is 0.923 bits per heavy atom. The van der Waals surface area contributed by atoms with Crippen molar-refractivity contribution in [3.8, 4) is 0 Å². The summed E-state index contributed by atoms with van der Waals surface area (Å²) in [6.07, 6.45) is 11.5. The Morgan fingerprint density at radius 3 is 2.00 bits per heavy atom.